The molecule has 2 unspecified atom stereocenters. The molecule has 0 aliphatic heterocycles. The second kappa shape index (κ2) is 8.54. The molecule has 6 nitrogen and oxygen atoms in total. The molecule has 1 amide bonds. The summed E-state index contributed by atoms with van der Waals surface area (Å²) in [5.74, 6) is -0.0481. The molecule has 2 aromatic carbocycles. The van der Waals surface area contributed by atoms with Gasteiger partial charge in [-0.1, -0.05) is 48.0 Å². The van der Waals surface area contributed by atoms with Crippen LogP contribution in [0.3, 0.4) is 0 Å². The molecule has 0 radical (unpaired) electrons. The number of rotatable bonds is 6. The van der Waals surface area contributed by atoms with Crippen LogP contribution >= 0.6 is 11.6 Å². The van der Waals surface area contributed by atoms with Gasteiger partial charge in [-0.05, 0) is 17.7 Å². The number of carbonyl (C=O) groups is 1. The van der Waals surface area contributed by atoms with E-state index in [9.17, 15) is 20.1 Å². The summed E-state index contributed by atoms with van der Waals surface area (Å²) in [6.07, 6.45) is -3.30. The Labute approximate surface area is 144 Å². The first-order valence-electron chi connectivity index (χ1n) is 7.26. The van der Waals surface area contributed by atoms with E-state index in [1.807, 2.05) is 30.3 Å². The largest absolute Gasteiger partial charge is 0.508 e. The molecule has 0 heterocycles. The molecule has 7 heteroatoms. The van der Waals surface area contributed by atoms with Crippen LogP contribution in [0.25, 0.3) is 0 Å². The van der Waals surface area contributed by atoms with E-state index in [0.717, 1.165) is 5.56 Å². The van der Waals surface area contributed by atoms with Gasteiger partial charge in [-0.3, -0.25) is 0 Å². The molecule has 0 aliphatic carbocycles. The van der Waals surface area contributed by atoms with Crippen molar-refractivity contribution in [3.05, 3.63) is 64.7 Å². The van der Waals surface area contributed by atoms with Crippen LogP contribution in [-0.4, -0.2) is 34.1 Å². The summed E-state index contributed by atoms with van der Waals surface area (Å²) in [5, 5.41) is 31.8. The quantitative estimate of drug-likeness (QED) is 0.640. The number of nitrogens with one attached hydrogen (secondary N) is 1. The number of hydrogen-bond donors (Lipinski definition) is 4. The molecule has 4 N–H and O–H groups in total. The van der Waals surface area contributed by atoms with Crippen LogP contribution in [0.5, 0.6) is 5.75 Å². The molecule has 2 aromatic rings. The van der Waals surface area contributed by atoms with Gasteiger partial charge in [0, 0.05) is 12.1 Å². The summed E-state index contributed by atoms with van der Waals surface area (Å²) >= 11 is 5.91. The predicted molar refractivity (Wildman–Crippen MR) is 88.7 cm³/mol. The molecule has 0 bridgehead atoms. The first-order valence-corrected chi connectivity index (χ1v) is 7.64. The van der Waals surface area contributed by atoms with Crippen molar-refractivity contribution in [2.45, 2.75) is 18.8 Å². The van der Waals surface area contributed by atoms with Crippen molar-refractivity contribution in [1.82, 2.24) is 5.32 Å². The van der Waals surface area contributed by atoms with Crippen LogP contribution in [0.4, 0.5) is 4.79 Å². The third kappa shape index (κ3) is 5.13. The number of benzene rings is 2. The summed E-state index contributed by atoms with van der Waals surface area (Å²) in [5.41, 5.74) is 1.09. The highest BCUT2D eigenvalue weighted by Gasteiger charge is 2.21. The van der Waals surface area contributed by atoms with Gasteiger partial charge in [0.05, 0.1) is 5.02 Å². The normalized spacial score (nSPS) is 13.1. The zero-order valence-electron chi connectivity index (χ0n) is 12.7. The lowest BCUT2D eigenvalue weighted by Crippen LogP contribution is -2.35. The Bertz CT molecular complexity index is 680. The second-order valence-electron chi connectivity index (χ2n) is 5.16. The first kappa shape index (κ1) is 18.1. The molecule has 2 rings (SSSR count). The molecule has 0 spiro atoms. The highest BCUT2D eigenvalue weighted by atomic mass is 35.5. The van der Waals surface area contributed by atoms with E-state index < -0.39 is 18.3 Å². The third-order valence-corrected chi connectivity index (χ3v) is 3.66. The van der Waals surface area contributed by atoms with Crippen molar-refractivity contribution >= 4 is 17.7 Å². The minimum Gasteiger partial charge on any atom is -0.508 e. The third-order valence-electron chi connectivity index (χ3n) is 3.34. The lowest BCUT2D eigenvalue weighted by atomic mass is 10.0. The zero-order chi connectivity index (χ0) is 17.5. The van der Waals surface area contributed by atoms with Gasteiger partial charge < -0.3 is 25.4 Å². The highest BCUT2D eigenvalue weighted by molar-refractivity contribution is 6.31. The van der Waals surface area contributed by atoms with Crippen molar-refractivity contribution in [3.8, 4) is 5.75 Å². The van der Waals surface area contributed by atoms with Crippen LogP contribution in [0, 0.1) is 0 Å². The van der Waals surface area contributed by atoms with Crippen LogP contribution in [0.1, 0.15) is 17.2 Å². The fourth-order valence-corrected chi connectivity index (χ4v) is 2.32. The molecular weight excluding hydrogens is 334 g/mol. The van der Waals surface area contributed by atoms with Crippen molar-refractivity contribution in [3.63, 3.8) is 0 Å². The Morgan fingerprint density at radius 1 is 1.17 bits per heavy atom. The monoisotopic (exact) mass is 351 g/mol. The van der Waals surface area contributed by atoms with E-state index in [1.54, 1.807) is 0 Å². The number of alkyl carbamates (subject to hydrolysis) is 1. The summed E-state index contributed by atoms with van der Waals surface area (Å²) in [7, 11) is 0. The van der Waals surface area contributed by atoms with E-state index in [2.05, 4.69) is 5.32 Å². The van der Waals surface area contributed by atoms with Crippen LogP contribution in [-0.2, 0) is 11.3 Å². The van der Waals surface area contributed by atoms with Crippen molar-refractivity contribution < 1.29 is 24.9 Å². The summed E-state index contributed by atoms with van der Waals surface area (Å²) in [6.45, 7) is -0.110. The Balaban J connectivity index is 1.81. The van der Waals surface area contributed by atoms with E-state index in [0.29, 0.717) is 0 Å². The maximum absolute atomic E-state index is 11.6. The van der Waals surface area contributed by atoms with Gasteiger partial charge in [-0.2, -0.15) is 0 Å². The SMILES string of the molecule is O=C(NCC(O)C(O)c1ccc(O)cc1Cl)OCc1ccccc1. The summed E-state index contributed by atoms with van der Waals surface area (Å²) < 4.78 is 5.00. The van der Waals surface area contributed by atoms with Gasteiger partial charge in [0.1, 0.15) is 24.6 Å². The minimum absolute atomic E-state index is 0.0481. The van der Waals surface area contributed by atoms with Crippen LogP contribution in [0.15, 0.2) is 48.5 Å². The van der Waals surface area contributed by atoms with Crippen molar-refractivity contribution in [2.24, 2.45) is 0 Å². The molecule has 24 heavy (non-hydrogen) atoms. The van der Waals surface area contributed by atoms with E-state index >= 15 is 0 Å². The Hall–Kier alpha value is -2.28. The number of carbonyl (C=O) groups excluding carboxylic acids is 1. The van der Waals surface area contributed by atoms with E-state index in [1.165, 1.54) is 18.2 Å². The van der Waals surface area contributed by atoms with Gasteiger partial charge in [-0.25, -0.2) is 4.79 Å². The zero-order valence-corrected chi connectivity index (χ0v) is 13.5. The van der Waals surface area contributed by atoms with Gasteiger partial charge >= 0.3 is 6.09 Å². The number of aliphatic hydroxyl groups is 2. The fourth-order valence-electron chi connectivity index (χ4n) is 2.04. The lowest BCUT2D eigenvalue weighted by Gasteiger charge is -2.19. The average molecular weight is 352 g/mol. The average Bonchev–Trinajstić information content (AvgIpc) is 2.58. The Morgan fingerprint density at radius 2 is 1.88 bits per heavy atom. The van der Waals surface area contributed by atoms with Crippen LogP contribution in [0.2, 0.25) is 5.02 Å². The Kier molecular flexibility index (Phi) is 6.43. The summed E-state index contributed by atoms with van der Waals surface area (Å²) in [4.78, 5) is 11.6. The molecule has 0 saturated heterocycles. The second-order valence-corrected chi connectivity index (χ2v) is 5.57. The molecular formula is C17H18ClNO5. The van der Waals surface area contributed by atoms with Crippen LogP contribution < -0.4 is 5.32 Å². The Morgan fingerprint density at radius 3 is 2.54 bits per heavy atom. The van der Waals surface area contributed by atoms with E-state index in [4.69, 9.17) is 16.3 Å². The van der Waals surface area contributed by atoms with E-state index in [-0.39, 0.29) is 29.5 Å². The van der Waals surface area contributed by atoms with Gasteiger partial charge in [-0.15, -0.1) is 0 Å². The minimum atomic E-state index is -1.31. The number of amides is 1. The first-order chi connectivity index (χ1) is 11.5. The summed E-state index contributed by atoms with van der Waals surface area (Å²) in [6, 6.07) is 13.2. The molecule has 0 aromatic heterocycles. The molecule has 0 saturated carbocycles. The number of halogens is 1. The fraction of sp³-hybridized carbons (Fsp3) is 0.235. The number of aromatic hydroxyl groups is 1. The number of hydrogen-bond acceptors (Lipinski definition) is 5. The smallest absolute Gasteiger partial charge is 0.407 e. The number of aliphatic hydroxyl groups excluding tert-OH is 2. The molecule has 0 aliphatic rings. The van der Waals surface area contributed by atoms with Gasteiger partial charge in [0.25, 0.3) is 0 Å². The lowest BCUT2D eigenvalue weighted by molar-refractivity contribution is 0.0184. The maximum atomic E-state index is 11.6. The number of ether oxygens (including phenoxy) is 1. The molecule has 0 fully saturated rings. The number of phenolic OH excluding ortho intramolecular Hbond substituents is 1. The van der Waals surface area contributed by atoms with Gasteiger partial charge in [0.2, 0.25) is 0 Å². The highest BCUT2D eigenvalue weighted by Crippen LogP contribution is 2.28. The topological polar surface area (TPSA) is 99.0 Å². The molecule has 2 atom stereocenters. The maximum Gasteiger partial charge on any atom is 0.407 e. The van der Waals surface area contributed by atoms with Crippen molar-refractivity contribution in [1.29, 1.82) is 0 Å². The molecule has 128 valence electrons. The predicted octanol–water partition coefficient (Wildman–Crippen LogP) is 2.37. The van der Waals surface area contributed by atoms with Gasteiger partial charge in [0.15, 0.2) is 0 Å². The number of phenols is 1. The van der Waals surface area contributed by atoms with Crippen molar-refractivity contribution in [2.75, 3.05) is 6.54 Å². The standard InChI is InChI=1S/C17H18ClNO5/c18-14-8-12(20)6-7-13(14)16(22)15(21)9-19-17(23)24-10-11-4-2-1-3-5-11/h1-8,15-16,20-22H,9-10H2,(H,19,23).